The maximum absolute atomic E-state index is 12.3. The van der Waals surface area contributed by atoms with Gasteiger partial charge in [0.1, 0.15) is 0 Å². The van der Waals surface area contributed by atoms with E-state index in [1.54, 1.807) is 6.07 Å². The molecular formula is C17H27ClN2O2. The second-order valence-corrected chi connectivity index (χ2v) is 6.06. The molecule has 1 fully saturated rings. The van der Waals surface area contributed by atoms with Crippen molar-refractivity contribution in [2.24, 2.45) is 5.41 Å². The molecule has 0 aromatic heterocycles. The van der Waals surface area contributed by atoms with Gasteiger partial charge in [-0.05, 0) is 56.2 Å². The molecule has 4 nitrogen and oxygen atoms in total. The number of aryl methyl sites for hydroxylation is 1. The molecule has 0 radical (unpaired) electrons. The number of amides is 1. The van der Waals surface area contributed by atoms with Crippen LogP contribution in [0.2, 0.25) is 0 Å². The lowest BCUT2D eigenvalue weighted by atomic mass is 9.66. The summed E-state index contributed by atoms with van der Waals surface area (Å²) in [5, 5.41) is 3.09. The van der Waals surface area contributed by atoms with Crippen LogP contribution in [0.1, 0.15) is 48.5 Å². The van der Waals surface area contributed by atoms with Crippen LogP contribution in [0.15, 0.2) is 18.2 Å². The number of nitrogen functional groups attached to an aromatic ring is 1. The first-order valence-electron chi connectivity index (χ1n) is 7.78. The van der Waals surface area contributed by atoms with Gasteiger partial charge >= 0.3 is 0 Å². The summed E-state index contributed by atoms with van der Waals surface area (Å²) in [4.78, 5) is 12.3. The topological polar surface area (TPSA) is 64.3 Å². The highest BCUT2D eigenvalue weighted by atomic mass is 35.5. The van der Waals surface area contributed by atoms with Gasteiger partial charge in [-0.25, -0.2) is 0 Å². The third-order valence-electron chi connectivity index (χ3n) is 4.53. The molecule has 0 atom stereocenters. The number of halogens is 1. The Morgan fingerprint density at radius 1 is 1.41 bits per heavy atom. The smallest absolute Gasteiger partial charge is 0.251 e. The zero-order valence-electron chi connectivity index (χ0n) is 13.5. The minimum atomic E-state index is -0.0255. The van der Waals surface area contributed by atoms with Crippen LogP contribution in [0.4, 0.5) is 5.69 Å². The Bertz CT molecular complexity index is 501. The first-order valence-corrected chi connectivity index (χ1v) is 7.78. The van der Waals surface area contributed by atoms with E-state index in [9.17, 15) is 4.79 Å². The quantitative estimate of drug-likeness (QED) is 0.596. The molecule has 124 valence electrons. The summed E-state index contributed by atoms with van der Waals surface area (Å²) in [6.45, 7) is 6.21. The lowest BCUT2D eigenvalue weighted by molar-refractivity contribution is 0.0513. The van der Waals surface area contributed by atoms with Gasteiger partial charge in [-0.15, -0.1) is 12.4 Å². The van der Waals surface area contributed by atoms with Crippen LogP contribution in [0.3, 0.4) is 0 Å². The molecule has 2 rings (SSSR count). The number of hydrogen-bond donors (Lipinski definition) is 2. The predicted molar refractivity (Wildman–Crippen MR) is 92.6 cm³/mol. The number of carbonyl (C=O) groups excluding carboxylic acids is 1. The second kappa shape index (κ2) is 8.39. The number of ether oxygens (including phenoxy) is 1. The molecule has 1 aromatic rings. The van der Waals surface area contributed by atoms with Crippen LogP contribution in [0, 0.1) is 12.3 Å². The third-order valence-corrected chi connectivity index (χ3v) is 4.53. The van der Waals surface area contributed by atoms with E-state index in [2.05, 4.69) is 5.32 Å². The Morgan fingerprint density at radius 3 is 2.73 bits per heavy atom. The van der Waals surface area contributed by atoms with Crippen molar-refractivity contribution >= 4 is 24.0 Å². The summed E-state index contributed by atoms with van der Waals surface area (Å²) in [6, 6.07) is 5.46. The summed E-state index contributed by atoms with van der Waals surface area (Å²) in [5.74, 6) is -0.0255. The fourth-order valence-corrected chi connectivity index (χ4v) is 2.87. The van der Waals surface area contributed by atoms with E-state index in [0.717, 1.165) is 31.7 Å². The van der Waals surface area contributed by atoms with Crippen LogP contribution >= 0.6 is 12.4 Å². The first-order chi connectivity index (χ1) is 10.1. The average molecular weight is 327 g/mol. The van der Waals surface area contributed by atoms with E-state index in [-0.39, 0.29) is 23.7 Å². The van der Waals surface area contributed by atoms with Gasteiger partial charge in [-0.2, -0.15) is 0 Å². The van der Waals surface area contributed by atoms with E-state index in [0.29, 0.717) is 11.3 Å². The Labute approximate surface area is 139 Å². The Hall–Kier alpha value is -1.26. The number of nitrogens with one attached hydrogen (secondary N) is 1. The summed E-state index contributed by atoms with van der Waals surface area (Å²) in [6.07, 6.45) is 4.63. The van der Waals surface area contributed by atoms with Gasteiger partial charge < -0.3 is 15.8 Å². The Kier molecular flexibility index (Phi) is 7.17. The number of benzene rings is 1. The highest BCUT2D eigenvalue weighted by molar-refractivity contribution is 5.96. The van der Waals surface area contributed by atoms with Gasteiger partial charge in [0.25, 0.3) is 5.91 Å². The number of carbonyl (C=O) groups is 1. The van der Waals surface area contributed by atoms with E-state index in [1.807, 2.05) is 26.0 Å². The average Bonchev–Trinajstić information content (AvgIpc) is 2.43. The van der Waals surface area contributed by atoms with Crippen molar-refractivity contribution < 1.29 is 9.53 Å². The molecule has 3 N–H and O–H groups in total. The lowest BCUT2D eigenvalue weighted by Crippen LogP contribution is -2.43. The zero-order chi connectivity index (χ0) is 15.3. The van der Waals surface area contributed by atoms with E-state index in [1.165, 1.54) is 19.3 Å². The zero-order valence-corrected chi connectivity index (χ0v) is 14.3. The Balaban J connectivity index is 0.00000242. The number of rotatable bonds is 7. The van der Waals surface area contributed by atoms with Crippen molar-refractivity contribution in [1.29, 1.82) is 0 Å². The number of hydrogen-bond acceptors (Lipinski definition) is 3. The van der Waals surface area contributed by atoms with Crippen molar-refractivity contribution in [2.75, 3.05) is 25.5 Å². The first kappa shape index (κ1) is 18.8. The van der Waals surface area contributed by atoms with Crippen LogP contribution in [-0.4, -0.2) is 25.7 Å². The molecule has 1 aliphatic carbocycles. The summed E-state index contributed by atoms with van der Waals surface area (Å²) < 4.78 is 5.46. The van der Waals surface area contributed by atoms with Gasteiger partial charge in [0, 0.05) is 31.0 Å². The van der Waals surface area contributed by atoms with Gasteiger partial charge in [-0.3, -0.25) is 4.79 Å². The fraction of sp³-hybridized carbons (Fsp3) is 0.588. The van der Waals surface area contributed by atoms with Gasteiger partial charge in [0.05, 0.1) is 0 Å². The molecule has 0 bridgehead atoms. The van der Waals surface area contributed by atoms with Crippen LogP contribution in [-0.2, 0) is 4.74 Å². The maximum Gasteiger partial charge on any atom is 0.251 e. The van der Waals surface area contributed by atoms with Crippen LogP contribution < -0.4 is 11.1 Å². The molecule has 1 amide bonds. The molecule has 1 aromatic carbocycles. The molecule has 0 unspecified atom stereocenters. The molecule has 5 heteroatoms. The molecule has 0 saturated heterocycles. The minimum absolute atomic E-state index is 0. The highest BCUT2D eigenvalue weighted by Gasteiger charge is 2.36. The maximum atomic E-state index is 12.3. The predicted octanol–water partition coefficient (Wildman–Crippen LogP) is 3.33. The molecule has 1 aliphatic rings. The van der Waals surface area contributed by atoms with Gasteiger partial charge in [0.2, 0.25) is 0 Å². The van der Waals surface area contributed by atoms with Gasteiger partial charge in [-0.1, -0.05) is 12.5 Å². The highest BCUT2D eigenvalue weighted by Crippen LogP contribution is 2.43. The third kappa shape index (κ3) is 4.62. The Morgan fingerprint density at radius 2 is 2.14 bits per heavy atom. The number of anilines is 1. The van der Waals surface area contributed by atoms with Crippen molar-refractivity contribution in [1.82, 2.24) is 5.32 Å². The molecule has 0 spiro atoms. The van der Waals surface area contributed by atoms with Crippen molar-refractivity contribution in [3.8, 4) is 0 Å². The standard InChI is InChI=1S/C17H26N2O2.ClH/c1-3-21-10-9-17(7-4-8-17)12-19-16(20)15-11-14(18)6-5-13(15)2;/h5-6,11H,3-4,7-10,12,18H2,1-2H3,(H,19,20);1H. The minimum Gasteiger partial charge on any atom is -0.399 e. The van der Waals surface area contributed by atoms with Crippen molar-refractivity contribution in [2.45, 2.75) is 39.5 Å². The van der Waals surface area contributed by atoms with E-state index < -0.39 is 0 Å². The van der Waals surface area contributed by atoms with E-state index in [4.69, 9.17) is 10.5 Å². The molecule has 22 heavy (non-hydrogen) atoms. The second-order valence-electron chi connectivity index (χ2n) is 6.06. The SMILES string of the molecule is CCOCCC1(CNC(=O)c2cc(N)ccc2C)CCC1.Cl. The van der Waals surface area contributed by atoms with Crippen molar-refractivity contribution in [3.05, 3.63) is 29.3 Å². The summed E-state index contributed by atoms with van der Waals surface area (Å²) in [7, 11) is 0. The molecular weight excluding hydrogens is 300 g/mol. The summed E-state index contributed by atoms with van der Waals surface area (Å²) in [5.41, 5.74) is 8.26. The normalized spacial score (nSPS) is 15.5. The van der Waals surface area contributed by atoms with Crippen LogP contribution in [0.5, 0.6) is 0 Å². The monoisotopic (exact) mass is 326 g/mol. The largest absolute Gasteiger partial charge is 0.399 e. The number of nitrogens with two attached hydrogens (primary N) is 1. The lowest BCUT2D eigenvalue weighted by Gasteiger charge is -2.42. The van der Waals surface area contributed by atoms with Crippen LogP contribution in [0.25, 0.3) is 0 Å². The fourth-order valence-electron chi connectivity index (χ4n) is 2.87. The molecule has 0 heterocycles. The van der Waals surface area contributed by atoms with Gasteiger partial charge in [0.15, 0.2) is 0 Å². The van der Waals surface area contributed by atoms with E-state index >= 15 is 0 Å². The van der Waals surface area contributed by atoms with Crippen molar-refractivity contribution in [3.63, 3.8) is 0 Å². The molecule has 1 saturated carbocycles. The summed E-state index contributed by atoms with van der Waals surface area (Å²) >= 11 is 0. The molecule has 0 aliphatic heterocycles.